The van der Waals surface area contributed by atoms with E-state index in [0.717, 1.165) is 5.56 Å². The molecule has 0 aliphatic heterocycles. The predicted molar refractivity (Wildman–Crippen MR) is 82.4 cm³/mol. The average Bonchev–Trinajstić information content (AvgIpc) is 2.92. The molecule has 7 heteroatoms. The van der Waals surface area contributed by atoms with Crippen molar-refractivity contribution < 1.29 is 8.42 Å². The SMILES string of the molecule is Cc1ccc(N)c(S(=O)(=O)NCCCn2cccn2)c1C. The minimum absolute atomic E-state index is 0.182. The van der Waals surface area contributed by atoms with Gasteiger partial charge in [0.25, 0.3) is 0 Å². The lowest BCUT2D eigenvalue weighted by atomic mass is 10.1. The number of nitrogens with one attached hydrogen (secondary N) is 1. The maximum Gasteiger partial charge on any atom is 0.242 e. The van der Waals surface area contributed by atoms with Crippen LogP contribution in [-0.4, -0.2) is 24.7 Å². The molecule has 0 aliphatic rings. The summed E-state index contributed by atoms with van der Waals surface area (Å²) in [6.07, 6.45) is 4.20. The van der Waals surface area contributed by atoms with Crippen LogP contribution in [0.3, 0.4) is 0 Å². The number of sulfonamides is 1. The molecule has 0 unspecified atom stereocenters. The van der Waals surface area contributed by atoms with Crippen molar-refractivity contribution in [3.63, 3.8) is 0 Å². The topological polar surface area (TPSA) is 90.0 Å². The highest BCUT2D eigenvalue weighted by atomic mass is 32.2. The van der Waals surface area contributed by atoms with Crippen LogP contribution < -0.4 is 10.5 Å². The van der Waals surface area contributed by atoms with Gasteiger partial charge in [-0.3, -0.25) is 4.68 Å². The Hall–Kier alpha value is -1.86. The van der Waals surface area contributed by atoms with Crippen LogP contribution >= 0.6 is 0 Å². The van der Waals surface area contributed by atoms with Crippen molar-refractivity contribution in [1.29, 1.82) is 0 Å². The summed E-state index contributed by atoms with van der Waals surface area (Å²) in [6, 6.07) is 5.28. The number of nitrogen functional groups attached to an aromatic ring is 1. The van der Waals surface area contributed by atoms with E-state index in [1.807, 2.05) is 25.3 Å². The first kappa shape index (κ1) is 15.5. The Kier molecular flexibility index (Phi) is 4.64. The molecule has 0 aliphatic carbocycles. The van der Waals surface area contributed by atoms with E-state index in [1.165, 1.54) is 0 Å². The van der Waals surface area contributed by atoms with E-state index in [1.54, 1.807) is 23.9 Å². The van der Waals surface area contributed by atoms with E-state index in [4.69, 9.17) is 5.73 Å². The molecule has 6 nitrogen and oxygen atoms in total. The molecule has 0 fully saturated rings. The van der Waals surface area contributed by atoms with Crippen LogP contribution in [0, 0.1) is 13.8 Å². The molecule has 1 aromatic heterocycles. The second-order valence-corrected chi connectivity index (χ2v) is 6.65. The van der Waals surface area contributed by atoms with Crippen molar-refractivity contribution in [2.45, 2.75) is 31.7 Å². The van der Waals surface area contributed by atoms with Gasteiger partial charge in [0.15, 0.2) is 0 Å². The number of anilines is 1. The molecular formula is C14H20N4O2S. The number of nitrogens with zero attached hydrogens (tertiary/aromatic N) is 2. The van der Waals surface area contributed by atoms with Gasteiger partial charge >= 0.3 is 0 Å². The highest BCUT2D eigenvalue weighted by Gasteiger charge is 2.20. The van der Waals surface area contributed by atoms with Crippen molar-refractivity contribution in [1.82, 2.24) is 14.5 Å². The lowest BCUT2D eigenvalue weighted by molar-refractivity contribution is 0.553. The zero-order valence-corrected chi connectivity index (χ0v) is 13.0. The van der Waals surface area contributed by atoms with E-state index in [2.05, 4.69) is 9.82 Å². The maximum atomic E-state index is 12.4. The quantitative estimate of drug-likeness (QED) is 0.624. The summed E-state index contributed by atoms with van der Waals surface area (Å²) in [5, 5.41) is 4.07. The van der Waals surface area contributed by atoms with Crippen LogP contribution in [0.2, 0.25) is 0 Å². The molecule has 2 aromatic rings. The third kappa shape index (κ3) is 3.62. The Morgan fingerprint density at radius 1 is 1.33 bits per heavy atom. The second-order valence-electron chi connectivity index (χ2n) is 4.95. The molecule has 0 bridgehead atoms. The summed E-state index contributed by atoms with van der Waals surface area (Å²) in [6.45, 7) is 4.64. The molecule has 0 spiro atoms. The second kappa shape index (κ2) is 6.28. The fourth-order valence-electron chi connectivity index (χ4n) is 2.12. The van der Waals surface area contributed by atoms with Gasteiger partial charge < -0.3 is 5.73 Å². The molecule has 1 heterocycles. The number of nitrogens with two attached hydrogens (primary N) is 1. The standard InChI is InChI=1S/C14H20N4O2S/c1-11-5-6-13(15)14(12(11)2)21(19,20)17-8-4-10-18-9-3-7-16-18/h3,5-7,9,17H,4,8,10,15H2,1-2H3. The molecule has 2 rings (SSSR count). The molecule has 0 radical (unpaired) electrons. The van der Waals surface area contributed by atoms with Crippen molar-refractivity contribution >= 4 is 15.7 Å². The van der Waals surface area contributed by atoms with E-state index < -0.39 is 10.0 Å². The predicted octanol–water partition coefficient (Wildman–Crippen LogP) is 1.45. The van der Waals surface area contributed by atoms with Crippen molar-refractivity contribution in [3.05, 3.63) is 41.7 Å². The largest absolute Gasteiger partial charge is 0.398 e. The van der Waals surface area contributed by atoms with Crippen LogP contribution in [-0.2, 0) is 16.6 Å². The Bertz CT molecular complexity index is 709. The summed E-state index contributed by atoms with van der Waals surface area (Å²) in [4.78, 5) is 0.182. The number of benzene rings is 1. The number of rotatable bonds is 6. The van der Waals surface area contributed by atoms with Crippen molar-refractivity contribution in [2.75, 3.05) is 12.3 Å². The average molecular weight is 308 g/mol. The van der Waals surface area contributed by atoms with Gasteiger partial charge in [-0.05, 0) is 43.5 Å². The van der Waals surface area contributed by atoms with Crippen LogP contribution in [0.5, 0.6) is 0 Å². The maximum absolute atomic E-state index is 12.4. The molecule has 0 saturated carbocycles. The summed E-state index contributed by atoms with van der Waals surface area (Å²) in [5.74, 6) is 0. The van der Waals surface area contributed by atoms with E-state index in [-0.39, 0.29) is 10.6 Å². The third-order valence-corrected chi connectivity index (χ3v) is 5.05. The number of aryl methyl sites for hydroxylation is 2. The molecule has 114 valence electrons. The van der Waals surface area contributed by atoms with E-state index >= 15 is 0 Å². The zero-order chi connectivity index (χ0) is 15.5. The van der Waals surface area contributed by atoms with Gasteiger partial charge in [-0.15, -0.1) is 0 Å². The highest BCUT2D eigenvalue weighted by molar-refractivity contribution is 7.89. The van der Waals surface area contributed by atoms with Crippen LogP contribution in [0.25, 0.3) is 0 Å². The fraction of sp³-hybridized carbons (Fsp3) is 0.357. The Morgan fingerprint density at radius 2 is 2.10 bits per heavy atom. The summed E-state index contributed by atoms with van der Waals surface area (Å²) in [7, 11) is -3.59. The summed E-state index contributed by atoms with van der Waals surface area (Å²) >= 11 is 0. The zero-order valence-electron chi connectivity index (χ0n) is 12.2. The van der Waals surface area contributed by atoms with Gasteiger partial charge in [-0.2, -0.15) is 5.10 Å². The highest BCUT2D eigenvalue weighted by Crippen LogP contribution is 2.24. The van der Waals surface area contributed by atoms with Crippen molar-refractivity contribution in [2.24, 2.45) is 0 Å². The van der Waals surface area contributed by atoms with E-state index in [0.29, 0.717) is 25.1 Å². The molecule has 0 saturated heterocycles. The Labute approximate surface area is 125 Å². The fourth-order valence-corrected chi connectivity index (χ4v) is 3.62. The minimum Gasteiger partial charge on any atom is -0.398 e. The smallest absolute Gasteiger partial charge is 0.242 e. The van der Waals surface area contributed by atoms with Gasteiger partial charge in [-0.25, -0.2) is 13.1 Å². The lowest BCUT2D eigenvalue weighted by Gasteiger charge is -2.13. The van der Waals surface area contributed by atoms with Crippen LogP contribution in [0.15, 0.2) is 35.5 Å². The first-order valence-electron chi connectivity index (χ1n) is 6.74. The van der Waals surface area contributed by atoms with Gasteiger partial charge in [0, 0.05) is 25.5 Å². The monoisotopic (exact) mass is 308 g/mol. The Balaban J connectivity index is 2.04. The molecular weight excluding hydrogens is 288 g/mol. The summed E-state index contributed by atoms with van der Waals surface area (Å²) < 4.78 is 29.1. The van der Waals surface area contributed by atoms with Crippen molar-refractivity contribution in [3.8, 4) is 0 Å². The molecule has 21 heavy (non-hydrogen) atoms. The number of aromatic nitrogens is 2. The van der Waals surface area contributed by atoms with Gasteiger partial charge in [0.05, 0.1) is 5.69 Å². The minimum atomic E-state index is -3.59. The molecule has 3 N–H and O–H groups in total. The molecule has 1 aromatic carbocycles. The number of hydrogen-bond acceptors (Lipinski definition) is 4. The van der Waals surface area contributed by atoms with Gasteiger partial charge in [0.2, 0.25) is 10.0 Å². The first-order valence-corrected chi connectivity index (χ1v) is 8.23. The molecule has 0 atom stereocenters. The third-order valence-electron chi connectivity index (χ3n) is 3.39. The Morgan fingerprint density at radius 3 is 2.76 bits per heavy atom. The lowest BCUT2D eigenvalue weighted by Crippen LogP contribution is -2.27. The molecule has 0 amide bonds. The summed E-state index contributed by atoms with van der Waals surface area (Å²) in [5.41, 5.74) is 7.69. The first-order chi connectivity index (χ1) is 9.92. The van der Waals surface area contributed by atoms with Crippen LogP contribution in [0.4, 0.5) is 5.69 Å². The van der Waals surface area contributed by atoms with Gasteiger partial charge in [0.1, 0.15) is 4.90 Å². The van der Waals surface area contributed by atoms with Crippen LogP contribution in [0.1, 0.15) is 17.5 Å². The normalized spacial score (nSPS) is 11.7. The van der Waals surface area contributed by atoms with Gasteiger partial charge in [-0.1, -0.05) is 6.07 Å². The number of hydrogen-bond donors (Lipinski definition) is 2. The van der Waals surface area contributed by atoms with E-state index in [9.17, 15) is 8.42 Å².